The summed E-state index contributed by atoms with van der Waals surface area (Å²) in [5.74, 6) is 0.292. The molecule has 7 heteroatoms. The van der Waals surface area contributed by atoms with Gasteiger partial charge in [-0.15, -0.1) is 0 Å². The minimum absolute atomic E-state index is 0.108. The molecule has 2 aromatic carbocycles. The van der Waals surface area contributed by atoms with Gasteiger partial charge < -0.3 is 20.1 Å². The van der Waals surface area contributed by atoms with Crippen LogP contribution in [0.4, 0.5) is 5.69 Å². The summed E-state index contributed by atoms with van der Waals surface area (Å²) < 4.78 is 5.83. The third kappa shape index (κ3) is 4.50. The summed E-state index contributed by atoms with van der Waals surface area (Å²) >= 11 is 0. The van der Waals surface area contributed by atoms with Crippen molar-refractivity contribution in [2.45, 2.75) is 31.7 Å². The second-order valence-corrected chi connectivity index (χ2v) is 8.58. The Morgan fingerprint density at radius 2 is 1.65 bits per heavy atom. The molecule has 1 aliphatic rings. The van der Waals surface area contributed by atoms with E-state index < -0.39 is 5.97 Å². The molecule has 0 amide bonds. The molecule has 0 saturated heterocycles. The Bertz CT molecular complexity index is 1310. The summed E-state index contributed by atoms with van der Waals surface area (Å²) in [7, 11) is 0. The second-order valence-electron chi connectivity index (χ2n) is 8.58. The Balaban J connectivity index is 1.35. The largest absolute Gasteiger partial charge is 0.481 e. The second kappa shape index (κ2) is 9.39. The fourth-order valence-corrected chi connectivity index (χ4v) is 4.52. The Morgan fingerprint density at radius 1 is 0.941 bits per heavy atom. The number of aliphatic carboxylic acids is 1. The highest BCUT2D eigenvalue weighted by atomic mass is 16.5. The molecule has 2 aromatic heterocycles. The van der Waals surface area contributed by atoms with Gasteiger partial charge in [0.15, 0.2) is 5.78 Å². The fraction of sp³-hybridized carbons (Fsp3) is 0.222. The van der Waals surface area contributed by atoms with E-state index in [1.165, 1.54) is 0 Å². The van der Waals surface area contributed by atoms with Crippen LogP contribution in [0.25, 0.3) is 11.0 Å². The van der Waals surface area contributed by atoms with E-state index in [9.17, 15) is 14.7 Å². The quantitative estimate of drug-likeness (QED) is 0.312. The van der Waals surface area contributed by atoms with Crippen LogP contribution in [-0.2, 0) is 4.79 Å². The molecule has 0 atom stereocenters. The third-order valence-electron chi connectivity index (χ3n) is 6.35. The normalized spacial score (nSPS) is 17.9. The molecule has 34 heavy (non-hydrogen) atoms. The van der Waals surface area contributed by atoms with Gasteiger partial charge in [-0.2, -0.15) is 0 Å². The van der Waals surface area contributed by atoms with Crippen LogP contribution in [0, 0.1) is 5.92 Å². The number of para-hydroxylation sites is 1. The highest BCUT2D eigenvalue weighted by Crippen LogP contribution is 2.32. The molecule has 0 unspecified atom stereocenters. The molecular formula is C27H25N3O4. The van der Waals surface area contributed by atoms with Gasteiger partial charge in [0.25, 0.3) is 0 Å². The minimum atomic E-state index is -0.719. The third-order valence-corrected chi connectivity index (χ3v) is 6.35. The predicted octanol–water partition coefficient (Wildman–Crippen LogP) is 5.64. The van der Waals surface area contributed by atoms with Crippen LogP contribution in [0.1, 0.15) is 41.6 Å². The first-order valence-corrected chi connectivity index (χ1v) is 11.4. The number of carboxylic acids is 1. The van der Waals surface area contributed by atoms with Crippen LogP contribution < -0.4 is 10.1 Å². The van der Waals surface area contributed by atoms with E-state index in [4.69, 9.17) is 4.74 Å². The Morgan fingerprint density at radius 3 is 2.35 bits per heavy atom. The summed E-state index contributed by atoms with van der Waals surface area (Å²) in [5, 5.41) is 13.5. The molecular weight excluding hydrogens is 430 g/mol. The number of pyridine rings is 1. The van der Waals surface area contributed by atoms with Gasteiger partial charge in [-0.05, 0) is 68.1 Å². The van der Waals surface area contributed by atoms with Crippen molar-refractivity contribution in [1.29, 1.82) is 0 Å². The average Bonchev–Trinajstić information content (AvgIpc) is 3.30. The van der Waals surface area contributed by atoms with Crippen molar-refractivity contribution in [2.24, 2.45) is 5.92 Å². The zero-order valence-electron chi connectivity index (χ0n) is 18.5. The fourth-order valence-electron chi connectivity index (χ4n) is 4.52. The van der Waals surface area contributed by atoms with Crippen molar-refractivity contribution in [2.75, 3.05) is 5.32 Å². The van der Waals surface area contributed by atoms with Crippen molar-refractivity contribution in [3.63, 3.8) is 0 Å². The zero-order chi connectivity index (χ0) is 23.5. The molecule has 4 aromatic rings. The maximum atomic E-state index is 13.4. The molecule has 5 rings (SSSR count). The Hall–Kier alpha value is -4.13. The van der Waals surface area contributed by atoms with Gasteiger partial charge in [0, 0.05) is 29.7 Å². The first-order chi connectivity index (χ1) is 16.6. The lowest BCUT2D eigenvalue weighted by atomic mass is 9.86. The van der Waals surface area contributed by atoms with Gasteiger partial charge in [0.2, 0.25) is 0 Å². The molecule has 7 nitrogen and oxygen atoms in total. The first kappa shape index (κ1) is 21.7. The molecule has 172 valence electrons. The van der Waals surface area contributed by atoms with Gasteiger partial charge >= 0.3 is 5.97 Å². The molecule has 0 radical (unpaired) electrons. The van der Waals surface area contributed by atoms with Gasteiger partial charge in [-0.1, -0.05) is 18.2 Å². The predicted molar refractivity (Wildman–Crippen MR) is 129 cm³/mol. The smallest absolute Gasteiger partial charge is 0.306 e. The summed E-state index contributed by atoms with van der Waals surface area (Å²) in [4.78, 5) is 32.1. The van der Waals surface area contributed by atoms with Gasteiger partial charge in [0.1, 0.15) is 17.1 Å². The monoisotopic (exact) mass is 455 g/mol. The number of ketones is 1. The van der Waals surface area contributed by atoms with E-state index in [2.05, 4.69) is 15.3 Å². The van der Waals surface area contributed by atoms with Crippen molar-refractivity contribution in [3.05, 3.63) is 84.2 Å². The van der Waals surface area contributed by atoms with Crippen molar-refractivity contribution < 1.29 is 19.4 Å². The number of ether oxygens (including phenoxy) is 1. The van der Waals surface area contributed by atoms with E-state index in [1.54, 1.807) is 36.7 Å². The van der Waals surface area contributed by atoms with E-state index in [1.807, 2.05) is 36.4 Å². The SMILES string of the molecule is O=C(c1ccc(Oc2ccccc2)cc1)c1c[nH]c2nccc(N[C@H]3CC[C@@H](C(=O)O)CC3)c12. The van der Waals surface area contributed by atoms with Crippen LogP contribution >= 0.6 is 0 Å². The van der Waals surface area contributed by atoms with Crippen molar-refractivity contribution in [3.8, 4) is 11.5 Å². The van der Waals surface area contributed by atoms with Crippen LogP contribution in [-0.4, -0.2) is 32.9 Å². The molecule has 1 fully saturated rings. The molecule has 1 aliphatic carbocycles. The number of carbonyl (C=O) groups excluding carboxylic acids is 1. The molecule has 0 aliphatic heterocycles. The molecule has 0 spiro atoms. The Labute approximate surface area is 196 Å². The molecule has 0 bridgehead atoms. The number of H-pyrrole nitrogens is 1. The minimum Gasteiger partial charge on any atom is -0.481 e. The number of nitrogens with one attached hydrogen (secondary N) is 2. The van der Waals surface area contributed by atoms with Gasteiger partial charge in [-0.3, -0.25) is 9.59 Å². The molecule has 2 heterocycles. The summed E-state index contributed by atoms with van der Waals surface area (Å²) in [6.45, 7) is 0. The number of hydrogen-bond donors (Lipinski definition) is 3. The number of carbonyl (C=O) groups is 2. The number of fused-ring (bicyclic) bond motifs is 1. The highest BCUT2D eigenvalue weighted by molar-refractivity contribution is 6.18. The lowest BCUT2D eigenvalue weighted by Gasteiger charge is -2.28. The summed E-state index contributed by atoms with van der Waals surface area (Å²) in [6.07, 6.45) is 6.25. The topological polar surface area (TPSA) is 104 Å². The highest BCUT2D eigenvalue weighted by Gasteiger charge is 2.27. The molecule has 1 saturated carbocycles. The standard InChI is InChI=1S/C27H25N3O4/c31-25(17-8-12-21(13-9-17)34-20-4-2-1-3-5-20)22-16-29-26-24(22)23(14-15-28-26)30-19-10-6-18(7-11-19)27(32)33/h1-5,8-9,12-16,18-19H,6-7,10-11H2,(H,32,33)(H2,28,29,30)/t18-,19+. The van der Waals surface area contributed by atoms with Crippen molar-refractivity contribution in [1.82, 2.24) is 9.97 Å². The van der Waals surface area contributed by atoms with E-state index >= 15 is 0 Å². The number of nitrogens with zero attached hydrogens (tertiary/aromatic N) is 1. The zero-order valence-corrected chi connectivity index (χ0v) is 18.5. The van der Waals surface area contributed by atoms with E-state index in [-0.39, 0.29) is 17.7 Å². The van der Waals surface area contributed by atoms with Gasteiger partial charge in [-0.25, -0.2) is 4.98 Å². The average molecular weight is 456 g/mol. The van der Waals surface area contributed by atoms with Crippen LogP contribution in [0.2, 0.25) is 0 Å². The first-order valence-electron chi connectivity index (χ1n) is 11.4. The number of anilines is 1. The van der Waals surface area contributed by atoms with Gasteiger partial charge in [0.05, 0.1) is 16.9 Å². The summed E-state index contributed by atoms with van der Waals surface area (Å²) in [6, 6.07) is 18.6. The Kier molecular flexibility index (Phi) is 5.99. The number of benzene rings is 2. The number of hydrogen-bond acceptors (Lipinski definition) is 5. The van der Waals surface area contributed by atoms with Crippen LogP contribution in [0.3, 0.4) is 0 Å². The lowest BCUT2D eigenvalue weighted by molar-refractivity contribution is -0.142. The summed E-state index contributed by atoms with van der Waals surface area (Å²) in [5.41, 5.74) is 2.56. The van der Waals surface area contributed by atoms with E-state index in [0.29, 0.717) is 35.4 Å². The maximum absolute atomic E-state index is 13.4. The number of aromatic nitrogens is 2. The molecule has 3 N–H and O–H groups in total. The van der Waals surface area contributed by atoms with Crippen LogP contribution in [0.5, 0.6) is 11.5 Å². The number of carboxylic acid groups (broad SMARTS) is 1. The van der Waals surface area contributed by atoms with E-state index in [0.717, 1.165) is 29.7 Å². The maximum Gasteiger partial charge on any atom is 0.306 e. The van der Waals surface area contributed by atoms with Crippen LogP contribution in [0.15, 0.2) is 73.1 Å². The van der Waals surface area contributed by atoms with Crippen molar-refractivity contribution >= 4 is 28.5 Å². The number of rotatable bonds is 7. The lowest BCUT2D eigenvalue weighted by Crippen LogP contribution is -2.29. The number of aromatic amines is 1.